The van der Waals surface area contributed by atoms with E-state index in [4.69, 9.17) is 0 Å². The number of halogens is 4. The Balaban J connectivity index is 2.00. The van der Waals surface area contributed by atoms with E-state index < -0.39 is 23.3 Å². The highest BCUT2D eigenvalue weighted by molar-refractivity contribution is 5.72. The minimum atomic E-state index is -1.19. The van der Waals surface area contributed by atoms with Crippen LogP contribution in [0.5, 0.6) is 0 Å². The summed E-state index contributed by atoms with van der Waals surface area (Å²) in [6.07, 6.45) is 3.08. The smallest absolute Gasteiger partial charge is 0.167 e. The van der Waals surface area contributed by atoms with Gasteiger partial charge in [-0.25, -0.2) is 17.6 Å². The summed E-state index contributed by atoms with van der Waals surface area (Å²) in [6, 6.07) is 12.6. The first-order valence-electron chi connectivity index (χ1n) is 8.96. The molecule has 0 atom stereocenters. The number of rotatable bonds is 5. The van der Waals surface area contributed by atoms with Crippen LogP contribution in [-0.2, 0) is 6.42 Å². The SMILES string of the molecule is CCCCc1ccc(-c2ccc(-c3ccc(C)c(F)c3F)c(F)c2F)cc1. The second kappa shape index (κ2) is 7.95. The Morgan fingerprint density at radius 2 is 1.15 bits per heavy atom. The second-order valence-electron chi connectivity index (χ2n) is 6.65. The lowest BCUT2D eigenvalue weighted by atomic mass is 9.96. The highest BCUT2D eigenvalue weighted by Crippen LogP contribution is 2.33. The number of benzene rings is 3. The van der Waals surface area contributed by atoms with Gasteiger partial charge in [0.2, 0.25) is 0 Å². The second-order valence-corrected chi connectivity index (χ2v) is 6.65. The number of hydrogen-bond acceptors (Lipinski definition) is 0. The third-order valence-corrected chi connectivity index (χ3v) is 4.73. The largest absolute Gasteiger partial charge is 0.203 e. The molecule has 0 saturated carbocycles. The molecule has 3 rings (SSSR count). The van der Waals surface area contributed by atoms with Crippen molar-refractivity contribution in [3.63, 3.8) is 0 Å². The molecule has 0 saturated heterocycles. The Labute approximate surface area is 156 Å². The van der Waals surface area contributed by atoms with Crippen molar-refractivity contribution < 1.29 is 17.6 Å². The Kier molecular flexibility index (Phi) is 5.64. The molecule has 3 aromatic carbocycles. The van der Waals surface area contributed by atoms with Crippen LogP contribution in [0.3, 0.4) is 0 Å². The summed E-state index contributed by atoms with van der Waals surface area (Å²) in [5.41, 5.74) is 1.27. The van der Waals surface area contributed by atoms with E-state index in [1.54, 1.807) is 12.1 Å². The lowest BCUT2D eigenvalue weighted by Gasteiger charge is -2.11. The fourth-order valence-electron chi connectivity index (χ4n) is 3.07. The average molecular weight is 372 g/mol. The molecule has 0 N–H and O–H groups in total. The summed E-state index contributed by atoms with van der Waals surface area (Å²) in [4.78, 5) is 0. The van der Waals surface area contributed by atoms with Gasteiger partial charge in [-0.05, 0) is 36.5 Å². The molecule has 0 bridgehead atoms. The quantitative estimate of drug-likeness (QED) is 0.415. The number of hydrogen-bond donors (Lipinski definition) is 0. The maximum Gasteiger partial charge on any atom is 0.167 e. The molecular weight excluding hydrogens is 352 g/mol. The zero-order chi connectivity index (χ0) is 19.6. The van der Waals surface area contributed by atoms with E-state index in [1.165, 1.54) is 31.2 Å². The molecule has 0 aliphatic rings. The van der Waals surface area contributed by atoms with Crippen LogP contribution in [-0.4, -0.2) is 0 Å². The molecule has 0 heterocycles. The Bertz CT molecular complexity index is 959. The molecule has 0 aliphatic heterocycles. The van der Waals surface area contributed by atoms with Gasteiger partial charge in [0, 0.05) is 16.7 Å². The predicted octanol–water partition coefficient (Wildman–Crippen LogP) is 7.23. The molecular formula is C23H20F4. The Morgan fingerprint density at radius 1 is 0.630 bits per heavy atom. The summed E-state index contributed by atoms with van der Waals surface area (Å²) < 4.78 is 57.2. The van der Waals surface area contributed by atoms with Crippen molar-refractivity contribution in [2.24, 2.45) is 0 Å². The van der Waals surface area contributed by atoms with E-state index in [9.17, 15) is 17.6 Å². The molecule has 0 amide bonds. The van der Waals surface area contributed by atoms with Crippen LogP contribution < -0.4 is 0 Å². The molecule has 0 fully saturated rings. The van der Waals surface area contributed by atoms with E-state index >= 15 is 0 Å². The van der Waals surface area contributed by atoms with Crippen molar-refractivity contribution in [2.75, 3.05) is 0 Å². The van der Waals surface area contributed by atoms with Crippen LogP contribution in [0, 0.1) is 30.2 Å². The van der Waals surface area contributed by atoms with Crippen LogP contribution in [0.15, 0.2) is 48.5 Å². The molecule has 0 radical (unpaired) electrons. The molecule has 0 unspecified atom stereocenters. The summed E-state index contributed by atoms with van der Waals surface area (Å²) in [5.74, 6) is -4.50. The molecule has 27 heavy (non-hydrogen) atoms. The van der Waals surface area contributed by atoms with Crippen LogP contribution in [0.25, 0.3) is 22.3 Å². The summed E-state index contributed by atoms with van der Waals surface area (Å²) >= 11 is 0. The number of aryl methyl sites for hydroxylation is 2. The molecule has 4 heteroatoms. The Morgan fingerprint density at radius 3 is 1.78 bits per heavy atom. The van der Waals surface area contributed by atoms with E-state index in [-0.39, 0.29) is 22.3 Å². The topological polar surface area (TPSA) is 0 Å². The van der Waals surface area contributed by atoms with Gasteiger partial charge in [-0.15, -0.1) is 0 Å². The molecule has 3 aromatic rings. The van der Waals surface area contributed by atoms with Crippen molar-refractivity contribution in [1.82, 2.24) is 0 Å². The number of unbranched alkanes of at least 4 members (excludes halogenated alkanes) is 1. The van der Waals surface area contributed by atoms with Gasteiger partial charge in [-0.2, -0.15) is 0 Å². The lowest BCUT2D eigenvalue weighted by molar-refractivity contribution is 0.499. The van der Waals surface area contributed by atoms with Gasteiger partial charge in [0.15, 0.2) is 23.3 Å². The zero-order valence-electron chi connectivity index (χ0n) is 15.3. The predicted molar refractivity (Wildman–Crippen MR) is 100 cm³/mol. The maximum atomic E-state index is 14.7. The van der Waals surface area contributed by atoms with Gasteiger partial charge in [-0.1, -0.05) is 61.9 Å². The molecule has 0 spiro atoms. The van der Waals surface area contributed by atoms with Gasteiger partial charge in [-0.3, -0.25) is 0 Å². The first-order valence-corrected chi connectivity index (χ1v) is 8.96. The van der Waals surface area contributed by atoms with Crippen molar-refractivity contribution in [3.05, 3.63) is 82.9 Å². The van der Waals surface area contributed by atoms with Crippen molar-refractivity contribution in [3.8, 4) is 22.3 Å². The average Bonchev–Trinajstić information content (AvgIpc) is 2.68. The highest BCUT2D eigenvalue weighted by Gasteiger charge is 2.20. The minimum Gasteiger partial charge on any atom is -0.203 e. The normalized spacial score (nSPS) is 11.0. The van der Waals surface area contributed by atoms with Crippen LogP contribution >= 0.6 is 0 Å². The molecule has 0 nitrogen and oxygen atoms in total. The van der Waals surface area contributed by atoms with Gasteiger partial charge < -0.3 is 0 Å². The third-order valence-electron chi connectivity index (χ3n) is 4.73. The van der Waals surface area contributed by atoms with Crippen molar-refractivity contribution >= 4 is 0 Å². The lowest BCUT2D eigenvalue weighted by Crippen LogP contribution is -1.98. The fourth-order valence-corrected chi connectivity index (χ4v) is 3.07. The van der Waals surface area contributed by atoms with Crippen LogP contribution in [0.2, 0.25) is 0 Å². The van der Waals surface area contributed by atoms with Crippen LogP contribution in [0.4, 0.5) is 17.6 Å². The van der Waals surface area contributed by atoms with E-state index in [2.05, 4.69) is 6.92 Å². The standard InChI is InChI=1S/C23H20F4/c1-3-4-5-15-7-9-16(10-8-15)17-12-13-19(23(27)21(17)25)18-11-6-14(2)20(24)22(18)26/h6-13H,3-5H2,1-2H3. The fraction of sp³-hybridized carbons (Fsp3) is 0.217. The van der Waals surface area contributed by atoms with Crippen molar-refractivity contribution in [2.45, 2.75) is 33.1 Å². The highest BCUT2D eigenvalue weighted by atomic mass is 19.2. The maximum absolute atomic E-state index is 14.7. The summed E-state index contributed by atoms with van der Waals surface area (Å²) in [5, 5.41) is 0. The van der Waals surface area contributed by atoms with Crippen LogP contribution in [0.1, 0.15) is 30.9 Å². The van der Waals surface area contributed by atoms with Gasteiger partial charge in [0.1, 0.15) is 0 Å². The molecule has 140 valence electrons. The first kappa shape index (κ1) is 19.2. The van der Waals surface area contributed by atoms with Crippen molar-refractivity contribution in [1.29, 1.82) is 0 Å². The first-order chi connectivity index (χ1) is 12.9. The third kappa shape index (κ3) is 3.75. The minimum absolute atomic E-state index is 0.0892. The van der Waals surface area contributed by atoms with Gasteiger partial charge >= 0.3 is 0 Å². The van der Waals surface area contributed by atoms with Gasteiger partial charge in [0.25, 0.3) is 0 Å². The summed E-state index contributed by atoms with van der Waals surface area (Å²) in [6.45, 7) is 3.52. The Hall–Kier alpha value is -2.62. The monoisotopic (exact) mass is 372 g/mol. The summed E-state index contributed by atoms with van der Waals surface area (Å²) in [7, 11) is 0. The molecule has 0 aliphatic carbocycles. The van der Waals surface area contributed by atoms with Gasteiger partial charge in [0.05, 0.1) is 0 Å². The molecule has 0 aromatic heterocycles. The van der Waals surface area contributed by atoms with E-state index in [1.807, 2.05) is 12.1 Å². The van der Waals surface area contributed by atoms with E-state index in [0.717, 1.165) is 24.8 Å². The van der Waals surface area contributed by atoms with E-state index in [0.29, 0.717) is 5.56 Å². The zero-order valence-corrected chi connectivity index (χ0v) is 15.3.